The van der Waals surface area contributed by atoms with Gasteiger partial charge in [-0.05, 0) is 12.1 Å². The van der Waals surface area contributed by atoms with E-state index in [9.17, 15) is 4.79 Å². The molecule has 0 saturated carbocycles. The lowest BCUT2D eigenvalue weighted by Gasteiger charge is -1.99. The maximum absolute atomic E-state index is 10.5. The van der Waals surface area contributed by atoms with Crippen molar-refractivity contribution in [2.75, 3.05) is 0 Å². The zero-order valence-corrected chi connectivity index (χ0v) is 6.44. The second-order valence-electron chi connectivity index (χ2n) is 2.06. The van der Waals surface area contributed by atoms with Gasteiger partial charge in [0.25, 0.3) is 0 Å². The van der Waals surface area contributed by atoms with E-state index >= 15 is 0 Å². The number of hydrogen-bond donors (Lipinski definition) is 0. The fraction of sp³-hybridized carbons (Fsp3) is 0.125. The van der Waals surface area contributed by atoms with E-state index in [2.05, 4.69) is 9.72 Å². The smallest absolute Gasteiger partial charge is 0.309 e. The lowest BCUT2D eigenvalue weighted by atomic mass is 10.3. The predicted molar refractivity (Wildman–Crippen MR) is 40.3 cm³/mol. The Morgan fingerprint density at radius 2 is 2.50 bits per heavy atom. The Balaban J connectivity index is 2.99. The summed E-state index contributed by atoms with van der Waals surface area (Å²) in [6.45, 7) is 1.26. The number of pyridine rings is 1. The molecule has 0 spiro atoms. The molecule has 0 fully saturated rings. The molecule has 0 amide bonds. The zero-order chi connectivity index (χ0) is 8.97. The third kappa shape index (κ3) is 1.80. The summed E-state index contributed by atoms with van der Waals surface area (Å²) in [5.41, 5.74) is 0.257. The minimum atomic E-state index is -0.481. The van der Waals surface area contributed by atoms with Crippen molar-refractivity contribution in [3.63, 3.8) is 0 Å². The van der Waals surface area contributed by atoms with Gasteiger partial charge in [-0.25, -0.2) is 4.98 Å². The second-order valence-corrected chi connectivity index (χ2v) is 2.06. The predicted octanol–water partition coefficient (Wildman–Crippen LogP) is 0.879. The van der Waals surface area contributed by atoms with E-state index in [-0.39, 0.29) is 11.4 Å². The van der Waals surface area contributed by atoms with Gasteiger partial charge in [-0.15, -0.1) is 0 Å². The van der Waals surface area contributed by atoms with Gasteiger partial charge in [0.1, 0.15) is 11.6 Å². The van der Waals surface area contributed by atoms with Crippen LogP contribution in [0.15, 0.2) is 18.3 Å². The maximum Gasteiger partial charge on any atom is 0.309 e. The van der Waals surface area contributed by atoms with Crippen LogP contribution < -0.4 is 4.74 Å². The number of carbonyl (C=O) groups is 1. The van der Waals surface area contributed by atoms with Crippen molar-refractivity contribution in [1.82, 2.24) is 4.98 Å². The summed E-state index contributed by atoms with van der Waals surface area (Å²) in [5, 5.41) is 8.55. The van der Waals surface area contributed by atoms with Gasteiger partial charge >= 0.3 is 5.97 Å². The van der Waals surface area contributed by atoms with Gasteiger partial charge in [0.15, 0.2) is 0 Å². The van der Waals surface area contributed by atoms with Gasteiger partial charge in [0, 0.05) is 13.1 Å². The van der Waals surface area contributed by atoms with Gasteiger partial charge in [-0.2, -0.15) is 5.26 Å². The number of nitrogens with zero attached hydrogens (tertiary/aromatic N) is 2. The van der Waals surface area contributed by atoms with Crippen LogP contribution in [-0.2, 0) is 4.79 Å². The highest BCUT2D eigenvalue weighted by Crippen LogP contribution is 2.12. The quantitative estimate of drug-likeness (QED) is 0.575. The molecule has 0 aliphatic carbocycles. The van der Waals surface area contributed by atoms with Crippen LogP contribution in [-0.4, -0.2) is 11.0 Å². The molecule has 12 heavy (non-hydrogen) atoms. The van der Waals surface area contributed by atoms with E-state index in [1.807, 2.05) is 6.07 Å². The third-order valence-corrected chi connectivity index (χ3v) is 1.13. The average molecular weight is 162 g/mol. The van der Waals surface area contributed by atoms with Crippen LogP contribution in [0.2, 0.25) is 0 Å². The SMILES string of the molecule is CC(=O)Oc1ncccc1C#N. The van der Waals surface area contributed by atoms with Gasteiger partial charge < -0.3 is 4.74 Å². The molecule has 1 aromatic heterocycles. The first-order chi connectivity index (χ1) is 5.74. The largest absolute Gasteiger partial charge is 0.406 e. The van der Waals surface area contributed by atoms with Crippen LogP contribution in [0.3, 0.4) is 0 Å². The highest BCUT2D eigenvalue weighted by molar-refractivity contribution is 5.69. The van der Waals surface area contributed by atoms with Gasteiger partial charge in [-0.1, -0.05) is 0 Å². The fourth-order valence-corrected chi connectivity index (χ4v) is 0.693. The standard InChI is InChI=1S/C8H6N2O2/c1-6(11)12-8-7(5-9)3-2-4-10-8/h2-4H,1H3. The number of carbonyl (C=O) groups excluding carboxylic acids is 1. The number of aromatic nitrogens is 1. The fourth-order valence-electron chi connectivity index (χ4n) is 0.693. The summed E-state index contributed by atoms with van der Waals surface area (Å²) in [5.74, 6) is -0.419. The summed E-state index contributed by atoms with van der Waals surface area (Å²) < 4.78 is 4.66. The monoisotopic (exact) mass is 162 g/mol. The first-order valence-electron chi connectivity index (χ1n) is 3.27. The minimum absolute atomic E-state index is 0.0625. The number of ether oxygens (including phenoxy) is 1. The number of esters is 1. The molecular weight excluding hydrogens is 156 g/mol. The van der Waals surface area contributed by atoms with Crippen molar-refractivity contribution in [2.45, 2.75) is 6.92 Å². The van der Waals surface area contributed by atoms with Crippen LogP contribution >= 0.6 is 0 Å². The van der Waals surface area contributed by atoms with Crippen LogP contribution in [0.25, 0.3) is 0 Å². The first kappa shape index (κ1) is 8.21. The van der Waals surface area contributed by atoms with Crippen molar-refractivity contribution < 1.29 is 9.53 Å². The summed E-state index contributed by atoms with van der Waals surface area (Å²) in [6.07, 6.45) is 1.46. The summed E-state index contributed by atoms with van der Waals surface area (Å²) in [4.78, 5) is 14.2. The molecule has 0 bridgehead atoms. The molecule has 60 valence electrons. The number of nitriles is 1. The van der Waals surface area contributed by atoms with Gasteiger partial charge in [0.05, 0.1) is 0 Å². The van der Waals surface area contributed by atoms with E-state index in [0.717, 1.165) is 0 Å². The number of rotatable bonds is 1. The molecule has 0 aliphatic rings. The van der Waals surface area contributed by atoms with Crippen molar-refractivity contribution >= 4 is 5.97 Å². The Labute approximate surface area is 69.4 Å². The normalized spacial score (nSPS) is 8.67. The maximum atomic E-state index is 10.5. The first-order valence-corrected chi connectivity index (χ1v) is 3.27. The van der Waals surface area contributed by atoms with Crippen molar-refractivity contribution in [3.05, 3.63) is 23.9 Å². The average Bonchev–Trinajstić information content (AvgIpc) is 2.04. The van der Waals surface area contributed by atoms with Crippen molar-refractivity contribution in [3.8, 4) is 11.9 Å². The molecule has 4 heteroatoms. The molecule has 1 aromatic rings. The number of hydrogen-bond acceptors (Lipinski definition) is 4. The van der Waals surface area contributed by atoms with E-state index in [1.165, 1.54) is 19.2 Å². The molecule has 0 radical (unpaired) electrons. The van der Waals surface area contributed by atoms with Gasteiger partial charge in [0.2, 0.25) is 5.88 Å². The van der Waals surface area contributed by atoms with Gasteiger partial charge in [-0.3, -0.25) is 4.79 Å². The Morgan fingerprint density at radius 3 is 3.08 bits per heavy atom. The lowest BCUT2D eigenvalue weighted by Crippen LogP contribution is -2.04. The Bertz CT molecular complexity index is 341. The van der Waals surface area contributed by atoms with Crippen LogP contribution in [0, 0.1) is 11.3 Å². The zero-order valence-electron chi connectivity index (χ0n) is 6.44. The second kappa shape index (κ2) is 3.49. The molecule has 0 aromatic carbocycles. The molecule has 0 N–H and O–H groups in total. The van der Waals surface area contributed by atoms with Crippen molar-refractivity contribution in [2.24, 2.45) is 0 Å². The molecule has 0 atom stereocenters. The Kier molecular flexibility index (Phi) is 2.38. The summed E-state index contributed by atoms with van der Waals surface area (Å²) in [6, 6.07) is 5.00. The molecular formula is C8H6N2O2. The van der Waals surface area contributed by atoms with E-state index < -0.39 is 5.97 Å². The van der Waals surface area contributed by atoms with E-state index in [0.29, 0.717) is 0 Å². The Morgan fingerprint density at radius 1 is 1.75 bits per heavy atom. The molecule has 0 saturated heterocycles. The Hall–Kier alpha value is -1.89. The summed E-state index contributed by atoms with van der Waals surface area (Å²) >= 11 is 0. The van der Waals surface area contributed by atoms with E-state index in [4.69, 9.17) is 5.26 Å². The van der Waals surface area contributed by atoms with Crippen LogP contribution in [0.1, 0.15) is 12.5 Å². The molecule has 0 aliphatic heterocycles. The van der Waals surface area contributed by atoms with Crippen molar-refractivity contribution in [1.29, 1.82) is 5.26 Å². The highest BCUT2D eigenvalue weighted by atomic mass is 16.5. The third-order valence-electron chi connectivity index (χ3n) is 1.13. The minimum Gasteiger partial charge on any atom is -0.406 e. The summed E-state index contributed by atoms with van der Waals surface area (Å²) in [7, 11) is 0. The molecule has 0 unspecified atom stereocenters. The molecule has 1 heterocycles. The van der Waals surface area contributed by atoms with Crippen LogP contribution in [0.4, 0.5) is 0 Å². The topological polar surface area (TPSA) is 63.0 Å². The lowest BCUT2D eigenvalue weighted by molar-refractivity contribution is -0.132. The van der Waals surface area contributed by atoms with Crippen LogP contribution in [0.5, 0.6) is 5.88 Å². The van der Waals surface area contributed by atoms with E-state index in [1.54, 1.807) is 6.07 Å². The highest BCUT2D eigenvalue weighted by Gasteiger charge is 2.04. The molecule has 1 rings (SSSR count). The molecule has 4 nitrogen and oxygen atoms in total.